The lowest BCUT2D eigenvalue weighted by Crippen LogP contribution is -2.22. The summed E-state index contributed by atoms with van der Waals surface area (Å²) < 4.78 is 0. The molecule has 2 aromatic rings. The third-order valence-electron chi connectivity index (χ3n) is 3.12. The van der Waals surface area contributed by atoms with Gasteiger partial charge in [-0.3, -0.25) is 14.4 Å². The first kappa shape index (κ1) is 16.9. The predicted octanol–water partition coefficient (Wildman–Crippen LogP) is 3.10. The Morgan fingerprint density at radius 3 is 2.61 bits per heavy atom. The van der Waals surface area contributed by atoms with Crippen LogP contribution in [0.5, 0.6) is 0 Å². The molecule has 0 saturated heterocycles. The van der Waals surface area contributed by atoms with Crippen molar-refractivity contribution >= 4 is 34.6 Å². The minimum absolute atomic E-state index is 0.0359. The van der Waals surface area contributed by atoms with Crippen LogP contribution in [0.3, 0.4) is 0 Å². The van der Waals surface area contributed by atoms with Crippen molar-refractivity contribution in [2.24, 2.45) is 0 Å². The summed E-state index contributed by atoms with van der Waals surface area (Å²) in [7, 11) is 0. The molecule has 0 spiro atoms. The van der Waals surface area contributed by atoms with Crippen molar-refractivity contribution in [3.05, 3.63) is 52.2 Å². The number of Topliss-reactive ketones (excluding diaryl/α,β-unsaturated/α-hetero) is 1. The second kappa shape index (κ2) is 8.24. The minimum Gasteiger partial charge on any atom is -0.352 e. The first-order chi connectivity index (χ1) is 11.1. The van der Waals surface area contributed by atoms with E-state index in [9.17, 15) is 14.4 Å². The van der Waals surface area contributed by atoms with Crippen molar-refractivity contribution in [2.75, 3.05) is 11.9 Å². The number of ketones is 1. The van der Waals surface area contributed by atoms with Gasteiger partial charge in [0.1, 0.15) is 0 Å². The Kier molecular flexibility index (Phi) is 6.05. The van der Waals surface area contributed by atoms with Crippen LogP contribution < -0.4 is 10.6 Å². The summed E-state index contributed by atoms with van der Waals surface area (Å²) in [5.74, 6) is -0.467. The van der Waals surface area contributed by atoms with Gasteiger partial charge in [0.15, 0.2) is 5.78 Å². The zero-order valence-electron chi connectivity index (χ0n) is 12.8. The SMILES string of the molecule is CCNC(=O)c1cccc(NC(=O)CCC(=O)c2cccs2)c1. The van der Waals surface area contributed by atoms with Gasteiger partial charge in [-0.2, -0.15) is 0 Å². The van der Waals surface area contributed by atoms with Gasteiger partial charge in [0.25, 0.3) is 5.91 Å². The Balaban J connectivity index is 1.89. The lowest BCUT2D eigenvalue weighted by Gasteiger charge is -2.07. The average molecular weight is 330 g/mol. The molecular weight excluding hydrogens is 312 g/mol. The van der Waals surface area contributed by atoms with E-state index in [1.165, 1.54) is 11.3 Å². The van der Waals surface area contributed by atoms with Gasteiger partial charge in [0, 0.05) is 30.6 Å². The summed E-state index contributed by atoms with van der Waals surface area (Å²) >= 11 is 1.37. The Hall–Kier alpha value is -2.47. The first-order valence-electron chi connectivity index (χ1n) is 7.35. The van der Waals surface area contributed by atoms with Crippen LogP contribution in [0, 0.1) is 0 Å². The number of hydrogen-bond donors (Lipinski definition) is 2. The molecule has 0 unspecified atom stereocenters. The molecule has 0 fully saturated rings. The van der Waals surface area contributed by atoms with Gasteiger partial charge in [0.2, 0.25) is 5.91 Å². The molecule has 1 heterocycles. The average Bonchev–Trinajstić information content (AvgIpc) is 3.07. The standard InChI is InChI=1S/C17H18N2O3S/c1-2-18-17(22)12-5-3-6-13(11-12)19-16(21)9-8-14(20)15-7-4-10-23-15/h3-7,10-11H,2,8-9H2,1H3,(H,18,22)(H,19,21). The fourth-order valence-corrected chi connectivity index (χ4v) is 2.71. The first-order valence-corrected chi connectivity index (χ1v) is 8.23. The summed E-state index contributed by atoms with van der Waals surface area (Å²) in [5.41, 5.74) is 1.03. The van der Waals surface area contributed by atoms with E-state index < -0.39 is 0 Å². The number of anilines is 1. The van der Waals surface area contributed by atoms with E-state index in [-0.39, 0.29) is 30.4 Å². The molecule has 1 aromatic carbocycles. The van der Waals surface area contributed by atoms with Gasteiger partial charge in [-0.15, -0.1) is 11.3 Å². The van der Waals surface area contributed by atoms with E-state index in [0.29, 0.717) is 22.7 Å². The number of benzene rings is 1. The van der Waals surface area contributed by atoms with Crippen LogP contribution in [0.2, 0.25) is 0 Å². The van der Waals surface area contributed by atoms with Gasteiger partial charge in [0.05, 0.1) is 4.88 Å². The van der Waals surface area contributed by atoms with Crippen LogP contribution in [0.1, 0.15) is 39.8 Å². The summed E-state index contributed by atoms with van der Waals surface area (Å²) in [6, 6.07) is 10.3. The number of carbonyl (C=O) groups is 3. The number of thiophene rings is 1. The number of nitrogens with one attached hydrogen (secondary N) is 2. The molecular formula is C17H18N2O3S. The van der Waals surface area contributed by atoms with Crippen LogP contribution in [-0.2, 0) is 4.79 Å². The van der Waals surface area contributed by atoms with E-state index in [1.54, 1.807) is 30.3 Å². The molecule has 0 aliphatic rings. The highest BCUT2D eigenvalue weighted by Crippen LogP contribution is 2.14. The summed E-state index contributed by atoms with van der Waals surface area (Å²) in [5, 5.41) is 7.25. The summed E-state index contributed by atoms with van der Waals surface area (Å²) in [6.45, 7) is 2.38. The summed E-state index contributed by atoms with van der Waals surface area (Å²) in [4.78, 5) is 36.2. The predicted molar refractivity (Wildman–Crippen MR) is 91.0 cm³/mol. The second-order valence-corrected chi connectivity index (χ2v) is 5.84. The Morgan fingerprint density at radius 1 is 1.09 bits per heavy atom. The lowest BCUT2D eigenvalue weighted by atomic mass is 10.1. The third-order valence-corrected chi connectivity index (χ3v) is 4.03. The highest BCUT2D eigenvalue weighted by molar-refractivity contribution is 7.12. The number of hydrogen-bond acceptors (Lipinski definition) is 4. The van der Waals surface area contributed by atoms with E-state index in [0.717, 1.165) is 0 Å². The molecule has 2 rings (SSSR count). The van der Waals surface area contributed by atoms with Crippen LogP contribution in [0.25, 0.3) is 0 Å². The molecule has 0 radical (unpaired) electrons. The minimum atomic E-state index is -0.247. The highest BCUT2D eigenvalue weighted by atomic mass is 32.1. The number of rotatable bonds is 7. The Bertz CT molecular complexity index is 696. The van der Waals surface area contributed by atoms with Gasteiger partial charge in [-0.05, 0) is 36.6 Å². The second-order valence-electron chi connectivity index (χ2n) is 4.89. The number of amides is 2. The van der Waals surface area contributed by atoms with Crippen LogP contribution in [0.15, 0.2) is 41.8 Å². The molecule has 0 aliphatic heterocycles. The van der Waals surface area contributed by atoms with Crippen molar-refractivity contribution in [3.8, 4) is 0 Å². The van der Waals surface area contributed by atoms with Crippen molar-refractivity contribution in [1.82, 2.24) is 5.32 Å². The highest BCUT2D eigenvalue weighted by Gasteiger charge is 2.11. The maximum atomic E-state index is 11.9. The third kappa shape index (κ3) is 5.03. The van der Waals surface area contributed by atoms with E-state index >= 15 is 0 Å². The largest absolute Gasteiger partial charge is 0.352 e. The Morgan fingerprint density at radius 2 is 1.91 bits per heavy atom. The molecule has 0 bridgehead atoms. The normalized spacial score (nSPS) is 10.1. The summed E-state index contributed by atoms with van der Waals surface area (Å²) in [6.07, 6.45) is 0.282. The molecule has 23 heavy (non-hydrogen) atoms. The Labute approximate surface area is 138 Å². The molecule has 120 valence electrons. The van der Waals surface area contributed by atoms with Crippen molar-refractivity contribution < 1.29 is 14.4 Å². The van der Waals surface area contributed by atoms with E-state index in [1.807, 2.05) is 18.4 Å². The molecule has 2 amide bonds. The monoisotopic (exact) mass is 330 g/mol. The molecule has 0 saturated carbocycles. The maximum absolute atomic E-state index is 11.9. The zero-order valence-corrected chi connectivity index (χ0v) is 13.6. The van der Waals surface area contributed by atoms with Crippen LogP contribution >= 0.6 is 11.3 Å². The quantitative estimate of drug-likeness (QED) is 0.766. The molecule has 2 N–H and O–H groups in total. The maximum Gasteiger partial charge on any atom is 0.251 e. The van der Waals surface area contributed by atoms with Crippen molar-refractivity contribution in [2.45, 2.75) is 19.8 Å². The smallest absolute Gasteiger partial charge is 0.251 e. The number of carbonyl (C=O) groups excluding carboxylic acids is 3. The van der Waals surface area contributed by atoms with Gasteiger partial charge < -0.3 is 10.6 Å². The van der Waals surface area contributed by atoms with Crippen LogP contribution in [0.4, 0.5) is 5.69 Å². The molecule has 6 heteroatoms. The molecule has 0 aliphatic carbocycles. The van der Waals surface area contributed by atoms with Gasteiger partial charge >= 0.3 is 0 Å². The topological polar surface area (TPSA) is 75.3 Å². The van der Waals surface area contributed by atoms with Crippen molar-refractivity contribution in [3.63, 3.8) is 0 Å². The van der Waals surface area contributed by atoms with Gasteiger partial charge in [-0.25, -0.2) is 0 Å². The fourth-order valence-electron chi connectivity index (χ4n) is 2.01. The van der Waals surface area contributed by atoms with Crippen LogP contribution in [-0.4, -0.2) is 24.1 Å². The lowest BCUT2D eigenvalue weighted by molar-refractivity contribution is -0.116. The molecule has 0 atom stereocenters. The van der Waals surface area contributed by atoms with E-state index in [4.69, 9.17) is 0 Å². The molecule has 5 nitrogen and oxygen atoms in total. The molecule has 1 aromatic heterocycles. The van der Waals surface area contributed by atoms with Crippen molar-refractivity contribution in [1.29, 1.82) is 0 Å². The zero-order chi connectivity index (χ0) is 16.7. The van der Waals surface area contributed by atoms with E-state index in [2.05, 4.69) is 10.6 Å². The fraction of sp³-hybridized carbons (Fsp3) is 0.235. The van der Waals surface area contributed by atoms with Gasteiger partial charge in [-0.1, -0.05) is 12.1 Å².